The Kier molecular flexibility index (Phi) is 5.85. The summed E-state index contributed by atoms with van der Waals surface area (Å²) in [6, 6.07) is 1.71. The molecule has 0 radical (unpaired) electrons. The fraction of sp³-hybridized carbons (Fsp3) is 0.600. The van der Waals surface area contributed by atoms with E-state index in [0.29, 0.717) is 36.5 Å². The molecule has 2 N–H and O–H groups in total. The van der Waals surface area contributed by atoms with Crippen molar-refractivity contribution in [1.82, 2.24) is 14.4 Å². The van der Waals surface area contributed by atoms with Crippen molar-refractivity contribution >= 4 is 33.5 Å². The van der Waals surface area contributed by atoms with Crippen LogP contribution in [0.25, 0.3) is 11.1 Å². The van der Waals surface area contributed by atoms with E-state index in [-0.39, 0.29) is 23.3 Å². The molecular weight excluding hydrogens is 352 g/mol. The van der Waals surface area contributed by atoms with Gasteiger partial charge in [0.25, 0.3) is 5.71 Å². The molecule has 2 aromatic heterocycles. The molecule has 1 atom stereocenters. The van der Waals surface area contributed by atoms with Gasteiger partial charge < -0.3 is 10.3 Å². The van der Waals surface area contributed by atoms with E-state index in [9.17, 15) is 8.42 Å². The minimum atomic E-state index is -3.54. The first kappa shape index (κ1) is 19.1. The maximum absolute atomic E-state index is 12.8. The third kappa shape index (κ3) is 3.42. The zero-order chi connectivity index (χ0) is 16.6. The van der Waals surface area contributed by atoms with Crippen LogP contribution >= 0.6 is 12.4 Å². The van der Waals surface area contributed by atoms with Gasteiger partial charge in [-0.1, -0.05) is 12.1 Å². The van der Waals surface area contributed by atoms with Crippen molar-refractivity contribution in [3.8, 4) is 0 Å². The number of piperidine rings is 1. The van der Waals surface area contributed by atoms with Gasteiger partial charge in [0.1, 0.15) is 4.90 Å². The maximum Gasteiger partial charge on any atom is 0.258 e. The molecule has 3 heterocycles. The third-order valence-electron chi connectivity index (χ3n) is 4.59. The number of aromatic nitrogens is 2. The lowest BCUT2D eigenvalue weighted by Gasteiger charge is -2.32. The van der Waals surface area contributed by atoms with Crippen LogP contribution < -0.4 is 5.73 Å². The number of pyridine rings is 1. The number of aryl methyl sites for hydroxylation is 1. The van der Waals surface area contributed by atoms with Crippen molar-refractivity contribution in [2.24, 2.45) is 11.7 Å². The molecule has 0 aliphatic carbocycles. The van der Waals surface area contributed by atoms with Crippen LogP contribution in [0, 0.1) is 5.92 Å². The van der Waals surface area contributed by atoms with E-state index in [2.05, 4.69) is 10.1 Å². The summed E-state index contributed by atoms with van der Waals surface area (Å²) >= 11 is 0. The van der Waals surface area contributed by atoms with Crippen LogP contribution in [0.5, 0.6) is 0 Å². The molecule has 1 saturated heterocycles. The second-order valence-corrected chi connectivity index (χ2v) is 8.05. The van der Waals surface area contributed by atoms with Crippen molar-refractivity contribution in [2.45, 2.75) is 44.0 Å². The van der Waals surface area contributed by atoms with Crippen molar-refractivity contribution in [2.75, 3.05) is 13.1 Å². The van der Waals surface area contributed by atoms with Gasteiger partial charge in [0, 0.05) is 19.1 Å². The van der Waals surface area contributed by atoms with E-state index >= 15 is 0 Å². The Bertz CT molecular complexity index is 798. The Morgan fingerprint density at radius 1 is 1.42 bits per heavy atom. The van der Waals surface area contributed by atoms with Gasteiger partial charge in [-0.2, -0.15) is 4.31 Å². The minimum Gasteiger partial charge on any atom is -0.336 e. The van der Waals surface area contributed by atoms with Crippen molar-refractivity contribution in [1.29, 1.82) is 0 Å². The average Bonchev–Trinajstić information content (AvgIpc) is 2.97. The number of halogens is 1. The Hall–Kier alpha value is -1.22. The van der Waals surface area contributed by atoms with Gasteiger partial charge in [-0.05, 0) is 38.2 Å². The Labute approximate surface area is 148 Å². The normalized spacial score (nSPS) is 18.5. The first-order valence-electron chi connectivity index (χ1n) is 7.93. The Morgan fingerprint density at radius 3 is 2.67 bits per heavy atom. The number of nitrogens with two attached hydrogens (primary N) is 1. The van der Waals surface area contributed by atoms with Gasteiger partial charge >= 0.3 is 0 Å². The first-order valence-corrected chi connectivity index (χ1v) is 9.37. The predicted octanol–water partition coefficient (Wildman–Crippen LogP) is 1.95. The second-order valence-electron chi connectivity index (χ2n) is 6.11. The van der Waals surface area contributed by atoms with Gasteiger partial charge in [0.05, 0.1) is 17.3 Å². The van der Waals surface area contributed by atoms with E-state index in [0.717, 1.165) is 18.5 Å². The monoisotopic (exact) mass is 374 g/mol. The molecule has 0 bridgehead atoms. The molecule has 1 aliphatic heterocycles. The summed E-state index contributed by atoms with van der Waals surface area (Å²) in [4.78, 5) is 4.30. The number of fused-ring (bicyclic) bond motifs is 1. The Balaban J connectivity index is 0.00000208. The van der Waals surface area contributed by atoms with Crippen LogP contribution in [0.1, 0.15) is 32.4 Å². The number of rotatable bonds is 4. The van der Waals surface area contributed by atoms with Gasteiger partial charge in [-0.3, -0.25) is 0 Å². The number of sulfonamides is 1. The molecular formula is C15H23ClN4O3S. The molecule has 0 amide bonds. The summed E-state index contributed by atoms with van der Waals surface area (Å²) in [6.45, 7) is 4.91. The molecule has 3 rings (SSSR count). The fourth-order valence-corrected chi connectivity index (χ4v) is 4.49. The molecule has 1 aliphatic rings. The summed E-state index contributed by atoms with van der Waals surface area (Å²) in [6.07, 6.45) is 3.60. The van der Waals surface area contributed by atoms with Crippen LogP contribution in [0.15, 0.2) is 21.7 Å². The molecule has 7 nitrogen and oxygen atoms in total. The van der Waals surface area contributed by atoms with E-state index in [1.807, 2.05) is 13.8 Å². The topological polar surface area (TPSA) is 102 Å². The van der Waals surface area contributed by atoms with E-state index in [1.165, 1.54) is 10.5 Å². The van der Waals surface area contributed by atoms with Crippen molar-refractivity contribution in [3.05, 3.63) is 18.0 Å². The van der Waals surface area contributed by atoms with Crippen LogP contribution in [-0.2, 0) is 16.4 Å². The second kappa shape index (κ2) is 7.35. The highest BCUT2D eigenvalue weighted by Gasteiger charge is 2.31. The molecule has 9 heteroatoms. The summed E-state index contributed by atoms with van der Waals surface area (Å²) in [7, 11) is -3.54. The van der Waals surface area contributed by atoms with E-state index < -0.39 is 10.0 Å². The summed E-state index contributed by atoms with van der Waals surface area (Å²) in [5.74, 6) is 0.381. The van der Waals surface area contributed by atoms with Gasteiger partial charge in [-0.25, -0.2) is 13.4 Å². The quantitative estimate of drug-likeness (QED) is 0.877. The van der Waals surface area contributed by atoms with Gasteiger partial charge in [-0.15, -0.1) is 12.4 Å². The smallest absolute Gasteiger partial charge is 0.258 e. The standard InChI is InChI=1S/C15H22N4O3S.ClH/c1-3-14-13-8-12(9-17-15(13)22-18-14)23(20,21)19-6-4-11(5-7-19)10(2)16;/h8-11H,3-7,16H2,1-2H3;1H. The van der Waals surface area contributed by atoms with Gasteiger partial charge in [0.15, 0.2) is 0 Å². The zero-order valence-electron chi connectivity index (χ0n) is 13.8. The van der Waals surface area contributed by atoms with Crippen LogP contribution in [0.3, 0.4) is 0 Å². The molecule has 24 heavy (non-hydrogen) atoms. The minimum absolute atomic E-state index is 0. The van der Waals surface area contributed by atoms with Crippen molar-refractivity contribution in [3.63, 3.8) is 0 Å². The molecule has 1 fully saturated rings. The first-order chi connectivity index (χ1) is 10.9. The summed E-state index contributed by atoms with van der Waals surface area (Å²) in [5, 5.41) is 4.58. The lowest BCUT2D eigenvalue weighted by Crippen LogP contribution is -2.42. The lowest BCUT2D eigenvalue weighted by molar-refractivity contribution is 0.250. The zero-order valence-corrected chi connectivity index (χ0v) is 15.4. The van der Waals surface area contributed by atoms with E-state index in [4.69, 9.17) is 10.3 Å². The Morgan fingerprint density at radius 2 is 2.08 bits per heavy atom. The number of hydrogen-bond acceptors (Lipinski definition) is 6. The molecule has 0 spiro atoms. The molecule has 134 valence electrons. The largest absolute Gasteiger partial charge is 0.336 e. The predicted molar refractivity (Wildman–Crippen MR) is 93.6 cm³/mol. The third-order valence-corrected chi connectivity index (χ3v) is 6.46. The summed E-state index contributed by atoms with van der Waals surface area (Å²) < 4.78 is 32.3. The maximum atomic E-state index is 12.8. The van der Waals surface area contributed by atoms with Crippen LogP contribution in [-0.4, -0.2) is 42.0 Å². The molecule has 2 aromatic rings. The average molecular weight is 375 g/mol. The number of hydrogen-bond donors (Lipinski definition) is 1. The summed E-state index contributed by atoms with van der Waals surface area (Å²) in [5.41, 5.74) is 7.01. The van der Waals surface area contributed by atoms with Gasteiger partial charge in [0.2, 0.25) is 10.0 Å². The fourth-order valence-electron chi connectivity index (χ4n) is 3.05. The molecule has 0 aromatic carbocycles. The highest BCUT2D eigenvalue weighted by Crippen LogP contribution is 2.27. The highest BCUT2D eigenvalue weighted by molar-refractivity contribution is 7.89. The lowest BCUT2D eigenvalue weighted by atomic mass is 9.92. The van der Waals surface area contributed by atoms with E-state index in [1.54, 1.807) is 6.07 Å². The van der Waals surface area contributed by atoms with Crippen LogP contribution in [0.4, 0.5) is 0 Å². The molecule has 0 saturated carbocycles. The van der Waals surface area contributed by atoms with Crippen LogP contribution in [0.2, 0.25) is 0 Å². The van der Waals surface area contributed by atoms with Crippen molar-refractivity contribution < 1.29 is 12.9 Å². The SMILES string of the molecule is CCc1noc2ncc(S(=O)(=O)N3CCC(C(C)N)CC3)cc12.Cl. The number of nitrogens with zero attached hydrogens (tertiary/aromatic N) is 3. The highest BCUT2D eigenvalue weighted by atomic mass is 35.5. The molecule has 1 unspecified atom stereocenters.